The Morgan fingerprint density at radius 2 is 1.95 bits per heavy atom. The maximum atomic E-state index is 15.2. The molecule has 0 spiro atoms. The summed E-state index contributed by atoms with van der Waals surface area (Å²) >= 11 is 0. The van der Waals surface area contributed by atoms with Gasteiger partial charge in [-0.15, -0.1) is 0 Å². The Morgan fingerprint density at radius 3 is 2.62 bits per heavy atom. The first kappa shape index (κ1) is 29.5. The zero-order valence-corrected chi connectivity index (χ0v) is 24.5. The molecule has 3 heterocycles. The molecule has 1 unspecified atom stereocenters. The molecule has 1 saturated heterocycles. The summed E-state index contributed by atoms with van der Waals surface area (Å²) in [5.74, 6) is -0.452. The van der Waals surface area contributed by atoms with Gasteiger partial charge in [0.2, 0.25) is 5.91 Å². The lowest BCUT2D eigenvalue weighted by molar-refractivity contribution is -0.133. The highest BCUT2D eigenvalue weighted by Gasteiger charge is 2.27. The number of piperazine rings is 1. The Bertz CT molecular complexity index is 1350. The standard InChI is InChI=1S/C28H38FN5O5Si/c1-19-17-34(18-38-13-14-40(2,3)4)26-25(19)24(7-8-31-26)39-23-6-5-20(15-21(23)29)16-22(32-28(36)37)27(35)33-11-9-30-10-12-33/h5-8,15,17,22,30,32H,9-14,16,18H2,1-4H3,(H,36,37). The van der Waals surface area contributed by atoms with E-state index in [9.17, 15) is 14.7 Å². The zero-order chi connectivity index (χ0) is 28.9. The van der Waals surface area contributed by atoms with Crippen LogP contribution >= 0.6 is 0 Å². The molecule has 0 radical (unpaired) electrons. The van der Waals surface area contributed by atoms with Crippen LogP contribution in [0.25, 0.3) is 11.0 Å². The summed E-state index contributed by atoms with van der Waals surface area (Å²) in [7, 11) is -1.19. The van der Waals surface area contributed by atoms with Gasteiger partial charge in [-0.1, -0.05) is 25.7 Å². The second-order valence-electron chi connectivity index (χ2n) is 11.3. The van der Waals surface area contributed by atoms with E-state index in [-0.39, 0.29) is 18.1 Å². The number of hydrogen-bond acceptors (Lipinski definition) is 6. The predicted octanol–water partition coefficient (Wildman–Crippen LogP) is 4.20. The van der Waals surface area contributed by atoms with Crippen molar-refractivity contribution < 1.29 is 28.6 Å². The topological polar surface area (TPSA) is 118 Å². The van der Waals surface area contributed by atoms with Crippen LogP contribution in [-0.2, 0) is 22.7 Å². The van der Waals surface area contributed by atoms with Crippen LogP contribution in [0.4, 0.5) is 9.18 Å². The lowest BCUT2D eigenvalue weighted by atomic mass is 10.0. The van der Waals surface area contributed by atoms with Crippen molar-refractivity contribution in [1.29, 1.82) is 0 Å². The normalized spacial score (nSPS) is 14.8. The predicted molar refractivity (Wildman–Crippen MR) is 153 cm³/mol. The summed E-state index contributed by atoms with van der Waals surface area (Å²) in [6.45, 7) is 12.2. The number of nitrogens with one attached hydrogen (secondary N) is 2. The minimum atomic E-state index is -1.31. The van der Waals surface area contributed by atoms with Crippen LogP contribution in [0.3, 0.4) is 0 Å². The van der Waals surface area contributed by atoms with Crippen molar-refractivity contribution in [1.82, 2.24) is 25.1 Å². The molecule has 10 nitrogen and oxygen atoms in total. The third-order valence-corrected chi connectivity index (χ3v) is 8.52. The Kier molecular flexibility index (Phi) is 9.43. The van der Waals surface area contributed by atoms with Gasteiger partial charge in [0, 0.05) is 59.7 Å². The highest BCUT2D eigenvalue weighted by molar-refractivity contribution is 6.76. The number of ether oxygens (including phenoxy) is 2. The van der Waals surface area contributed by atoms with Gasteiger partial charge in [-0.05, 0) is 42.3 Å². The molecule has 1 aromatic carbocycles. The van der Waals surface area contributed by atoms with E-state index in [0.717, 1.165) is 17.0 Å². The van der Waals surface area contributed by atoms with E-state index in [0.29, 0.717) is 56.5 Å². The average Bonchev–Trinajstić information content (AvgIpc) is 3.23. The van der Waals surface area contributed by atoms with Gasteiger partial charge < -0.3 is 34.7 Å². The maximum Gasteiger partial charge on any atom is 0.405 e. The van der Waals surface area contributed by atoms with Crippen molar-refractivity contribution in [2.45, 2.75) is 51.8 Å². The molecule has 0 aliphatic carbocycles. The number of halogens is 1. The fourth-order valence-corrected chi connectivity index (χ4v) is 5.43. The van der Waals surface area contributed by atoms with Gasteiger partial charge >= 0.3 is 6.09 Å². The van der Waals surface area contributed by atoms with Crippen LogP contribution in [0.5, 0.6) is 11.5 Å². The van der Waals surface area contributed by atoms with Crippen LogP contribution in [0.15, 0.2) is 36.7 Å². The molecule has 3 N–H and O–H groups in total. The van der Waals surface area contributed by atoms with Crippen molar-refractivity contribution >= 4 is 31.1 Å². The molecule has 0 saturated carbocycles. The zero-order valence-electron chi connectivity index (χ0n) is 23.5. The quantitative estimate of drug-likeness (QED) is 0.233. The second kappa shape index (κ2) is 12.8. The number of rotatable bonds is 11. The van der Waals surface area contributed by atoms with Gasteiger partial charge in [-0.25, -0.2) is 14.2 Å². The number of aromatic nitrogens is 2. The molecule has 1 atom stereocenters. The van der Waals surface area contributed by atoms with Crippen LogP contribution in [0, 0.1) is 12.7 Å². The average molecular weight is 572 g/mol. The van der Waals surface area contributed by atoms with Crippen LogP contribution in [0.1, 0.15) is 11.1 Å². The minimum absolute atomic E-state index is 0.0193. The number of carbonyl (C=O) groups is 2. The summed E-state index contributed by atoms with van der Waals surface area (Å²) in [5, 5.41) is 15.5. The van der Waals surface area contributed by atoms with Gasteiger partial charge in [-0.3, -0.25) is 4.79 Å². The number of pyridine rings is 1. The van der Waals surface area contributed by atoms with Crippen LogP contribution in [-0.4, -0.2) is 78.5 Å². The minimum Gasteiger partial charge on any atom is -0.465 e. The summed E-state index contributed by atoms with van der Waals surface area (Å²) in [6.07, 6.45) is 2.28. The van der Waals surface area contributed by atoms with Crippen molar-refractivity contribution in [2.24, 2.45) is 0 Å². The van der Waals surface area contributed by atoms with Gasteiger partial charge in [0.25, 0.3) is 0 Å². The van der Waals surface area contributed by atoms with Crippen LogP contribution in [0.2, 0.25) is 25.7 Å². The molecule has 12 heteroatoms. The van der Waals surface area contributed by atoms with E-state index in [1.165, 1.54) is 12.1 Å². The molecule has 3 aromatic rings. The van der Waals surface area contributed by atoms with Crippen molar-refractivity contribution in [3.8, 4) is 11.5 Å². The number of aryl methyl sites for hydroxylation is 1. The molecule has 2 aromatic heterocycles. The summed E-state index contributed by atoms with van der Waals surface area (Å²) in [6, 6.07) is 6.16. The lowest BCUT2D eigenvalue weighted by Gasteiger charge is -2.30. The summed E-state index contributed by atoms with van der Waals surface area (Å²) < 4.78 is 29.0. The molecule has 4 rings (SSSR count). The van der Waals surface area contributed by atoms with Crippen LogP contribution < -0.4 is 15.4 Å². The third-order valence-electron chi connectivity index (χ3n) is 6.82. The number of carbonyl (C=O) groups excluding carboxylic acids is 1. The summed E-state index contributed by atoms with van der Waals surface area (Å²) in [4.78, 5) is 30.4. The van der Waals surface area contributed by atoms with Crippen molar-refractivity contribution in [3.05, 3.63) is 53.6 Å². The maximum absolute atomic E-state index is 15.2. The first-order valence-corrected chi connectivity index (χ1v) is 17.2. The van der Waals surface area contributed by atoms with Gasteiger partial charge in [0.05, 0.1) is 5.39 Å². The number of nitrogens with zero attached hydrogens (tertiary/aromatic N) is 3. The summed E-state index contributed by atoms with van der Waals surface area (Å²) in [5.41, 5.74) is 2.09. The van der Waals surface area contributed by atoms with Crippen molar-refractivity contribution in [3.63, 3.8) is 0 Å². The fourth-order valence-electron chi connectivity index (χ4n) is 4.67. The molecule has 1 aliphatic rings. The molecule has 1 fully saturated rings. The number of amides is 2. The third kappa shape index (κ3) is 7.58. The number of carboxylic acid groups (broad SMARTS) is 1. The van der Waals surface area contributed by atoms with Gasteiger partial charge in [0.15, 0.2) is 11.6 Å². The fraction of sp³-hybridized carbons (Fsp3) is 0.464. The number of benzene rings is 1. The molecule has 2 amide bonds. The SMILES string of the molecule is Cc1cn(COCC[Si](C)(C)C)c2nccc(Oc3ccc(CC(NC(=O)O)C(=O)N4CCNCC4)cc3F)c12. The van der Waals surface area contributed by atoms with E-state index >= 15 is 4.39 Å². The van der Waals surface area contributed by atoms with Gasteiger partial charge in [-0.2, -0.15) is 0 Å². The molecule has 216 valence electrons. The largest absolute Gasteiger partial charge is 0.465 e. The first-order valence-electron chi connectivity index (χ1n) is 13.5. The van der Waals surface area contributed by atoms with Crippen molar-refractivity contribution in [2.75, 3.05) is 32.8 Å². The lowest BCUT2D eigenvalue weighted by Crippen LogP contribution is -2.54. The molecule has 40 heavy (non-hydrogen) atoms. The Labute approximate surface area is 234 Å². The van der Waals surface area contributed by atoms with E-state index in [4.69, 9.17) is 9.47 Å². The molecular weight excluding hydrogens is 533 g/mol. The highest BCUT2D eigenvalue weighted by atomic mass is 28.3. The molecule has 1 aliphatic heterocycles. The number of fused-ring (bicyclic) bond motifs is 1. The van der Waals surface area contributed by atoms with E-state index in [2.05, 4.69) is 35.3 Å². The molecular formula is C28H38FN5O5Si. The number of hydrogen-bond donors (Lipinski definition) is 3. The first-order chi connectivity index (χ1) is 19.0. The highest BCUT2D eigenvalue weighted by Crippen LogP contribution is 2.33. The monoisotopic (exact) mass is 571 g/mol. The van der Waals surface area contributed by atoms with E-state index in [1.807, 2.05) is 17.7 Å². The second-order valence-corrected chi connectivity index (χ2v) is 16.9. The Balaban J connectivity index is 1.48. The molecule has 0 bridgehead atoms. The van der Waals surface area contributed by atoms with Gasteiger partial charge in [0.1, 0.15) is 24.2 Å². The van der Waals surface area contributed by atoms with E-state index in [1.54, 1.807) is 23.2 Å². The van der Waals surface area contributed by atoms with E-state index < -0.39 is 26.0 Å². The Morgan fingerprint density at radius 1 is 1.20 bits per heavy atom. The smallest absolute Gasteiger partial charge is 0.405 e. The Hall–Kier alpha value is -3.48.